The van der Waals surface area contributed by atoms with Gasteiger partial charge >= 0.3 is 6.03 Å². The molecule has 8 heteroatoms. The highest BCUT2D eigenvalue weighted by Crippen LogP contribution is 2.29. The van der Waals surface area contributed by atoms with Gasteiger partial charge in [-0.1, -0.05) is 0 Å². The summed E-state index contributed by atoms with van der Waals surface area (Å²) in [6, 6.07) is 0.207. The van der Waals surface area contributed by atoms with E-state index in [1.165, 1.54) is 6.33 Å². The van der Waals surface area contributed by atoms with Gasteiger partial charge in [0.05, 0.1) is 0 Å². The molecule has 3 fully saturated rings. The normalized spacial score (nSPS) is 23.2. The van der Waals surface area contributed by atoms with Crippen molar-refractivity contribution >= 4 is 11.9 Å². The SMILES string of the molecule is CN(C)C(=O)N1C[C@@H]2CC[C@H](C1)N(C(=O)CCCn1cncn1)C2. The number of nitrogens with zero attached hydrogens (tertiary/aromatic N) is 6. The van der Waals surface area contributed by atoms with Gasteiger partial charge in [-0.2, -0.15) is 5.10 Å². The van der Waals surface area contributed by atoms with E-state index in [0.29, 0.717) is 25.4 Å². The lowest BCUT2D eigenvalue weighted by Crippen LogP contribution is -2.48. The van der Waals surface area contributed by atoms with Crippen LogP contribution in [0.2, 0.25) is 0 Å². The zero-order valence-corrected chi connectivity index (χ0v) is 14.5. The summed E-state index contributed by atoms with van der Waals surface area (Å²) in [5.74, 6) is 0.593. The van der Waals surface area contributed by atoms with Crippen molar-refractivity contribution in [3.05, 3.63) is 12.7 Å². The molecule has 4 heterocycles. The standard InChI is InChI=1S/C16H26N6O2/c1-19(2)16(24)20-8-13-5-6-14(10-20)22(9-13)15(23)4-3-7-21-12-17-11-18-21/h11-14H,3-10H2,1-2H3/t13-,14+/m0/s1. The summed E-state index contributed by atoms with van der Waals surface area (Å²) in [5, 5.41) is 4.06. The first-order valence-corrected chi connectivity index (χ1v) is 8.62. The van der Waals surface area contributed by atoms with Crippen molar-refractivity contribution < 1.29 is 9.59 Å². The van der Waals surface area contributed by atoms with Crippen molar-refractivity contribution in [1.29, 1.82) is 0 Å². The Balaban J connectivity index is 1.56. The molecule has 0 unspecified atom stereocenters. The van der Waals surface area contributed by atoms with Crippen LogP contribution in [0, 0.1) is 5.92 Å². The van der Waals surface area contributed by atoms with Crippen LogP contribution in [0.15, 0.2) is 12.7 Å². The lowest BCUT2D eigenvalue weighted by atomic mass is 9.94. The Hall–Kier alpha value is -2.12. The first-order chi connectivity index (χ1) is 11.5. The van der Waals surface area contributed by atoms with E-state index in [1.807, 2.05) is 9.80 Å². The first-order valence-electron chi connectivity index (χ1n) is 8.62. The van der Waals surface area contributed by atoms with E-state index in [9.17, 15) is 9.59 Å². The van der Waals surface area contributed by atoms with Crippen molar-refractivity contribution in [1.82, 2.24) is 29.5 Å². The lowest BCUT2D eigenvalue weighted by Gasteiger charge is -2.36. The molecule has 0 saturated carbocycles. The second kappa shape index (κ2) is 7.19. The molecular formula is C16H26N6O2. The Morgan fingerprint density at radius 2 is 2.04 bits per heavy atom. The summed E-state index contributed by atoms with van der Waals surface area (Å²) in [6.45, 7) is 2.90. The molecule has 0 aromatic carbocycles. The molecule has 24 heavy (non-hydrogen) atoms. The molecule has 2 bridgehead atoms. The van der Waals surface area contributed by atoms with Gasteiger partial charge in [0.1, 0.15) is 12.7 Å². The van der Waals surface area contributed by atoms with Gasteiger partial charge in [0.15, 0.2) is 0 Å². The second-order valence-corrected chi connectivity index (χ2v) is 6.99. The molecule has 0 spiro atoms. The highest BCUT2D eigenvalue weighted by molar-refractivity contribution is 5.77. The van der Waals surface area contributed by atoms with Crippen LogP contribution in [-0.4, -0.2) is 81.2 Å². The summed E-state index contributed by atoms with van der Waals surface area (Å²) < 4.78 is 1.75. The molecule has 4 rings (SSSR count). The summed E-state index contributed by atoms with van der Waals surface area (Å²) in [6.07, 6.45) is 6.55. The molecule has 3 aliphatic rings. The molecule has 3 saturated heterocycles. The van der Waals surface area contributed by atoms with Crippen molar-refractivity contribution in [2.24, 2.45) is 5.92 Å². The fourth-order valence-corrected chi connectivity index (χ4v) is 3.71. The van der Waals surface area contributed by atoms with Gasteiger partial charge in [-0.05, 0) is 25.2 Å². The minimum atomic E-state index is 0.0485. The summed E-state index contributed by atoms with van der Waals surface area (Å²) in [5.41, 5.74) is 0. The number of carbonyl (C=O) groups excluding carboxylic acids is 2. The minimum absolute atomic E-state index is 0.0485. The maximum absolute atomic E-state index is 12.6. The molecule has 2 atom stereocenters. The van der Waals surface area contributed by atoms with Crippen molar-refractivity contribution in [3.63, 3.8) is 0 Å². The number of aryl methyl sites for hydroxylation is 1. The second-order valence-electron chi connectivity index (χ2n) is 6.99. The number of fused-ring (bicyclic) bond motifs is 4. The lowest BCUT2D eigenvalue weighted by molar-refractivity contribution is -0.135. The number of aromatic nitrogens is 3. The van der Waals surface area contributed by atoms with Crippen LogP contribution in [0.5, 0.6) is 0 Å². The van der Waals surface area contributed by atoms with Crippen molar-refractivity contribution in [3.8, 4) is 0 Å². The zero-order chi connectivity index (χ0) is 17.1. The molecule has 8 nitrogen and oxygen atoms in total. The maximum atomic E-state index is 12.6. The number of amides is 3. The smallest absolute Gasteiger partial charge is 0.319 e. The van der Waals surface area contributed by atoms with Crippen molar-refractivity contribution in [2.45, 2.75) is 38.3 Å². The van der Waals surface area contributed by atoms with Crippen molar-refractivity contribution in [2.75, 3.05) is 33.7 Å². The average molecular weight is 334 g/mol. The summed E-state index contributed by atoms with van der Waals surface area (Å²) >= 11 is 0. The Bertz CT molecular complexity index is 573. The third-order valence-electron chi connectivity index (χ3n) is 4.93. The number of hydrogen-bond donors (Lipinski definition) is 0. The summed E-state index contributed by atoms with van der Waals surface area (Å²) in [7, 11) is 3.56. The van der Waals surface area contributed by atoms with Gasteiger partial charge < -0.3 is 14.7 Å². The Morgan fingerprint density at radius 1 is 1.21 bits per heavy atom. The Labute approximate surface area is 142 Å². The molecule has 1 aromatic heterocycles. The number of rotatable bonds is 4. The largest absolute Gasteiger partial charge is 0.338 e. The molecule has 0 aliphatic carbocycles. The molecular weight excluding hydrogens is 308 g/mol. The molecule has 132 valence electrons. The molecule has 1 aromatic rings. The van der Waals surface area contributed by atoms with Gasteiger partial charge in [0, 0.05) is 52.7 Å². The van der Waals surface area contributed by atoms with Gasteiger partial charge in [0.25, 0.3) is 0 Å². The molecule has 3 amide bonds. The van der Waals surface area contributed by atoms with Crippen LogP contribution in [-0.2, 0) is 11.3 Å². The van der Waals surface area contributed by atoms with Crippen LogP contribution >= 0.6 is 0 Å². The summed E-state index contributed by atoms with van der Waals surface area (Å²) in [4.78, 5) is 34.4. The fraction of sp³-hybridized carbons (Fsp3) is 0.750. The topological polar surface area (TPSA) is 74.6 Å². The van der Waals surface area contributed by atoms with E-state index in [2.05, 4.69) is 10.1 Å². The number of hydrogen-bond acceptors (Lipinski definition) is 4. The van der Waals surface area contributed by atoms with Crippen LogP contribution in [0.25, 0.3) is 0 Å². The quantitative estimate of drug-likeness (QED) is 0.811. The van der Waals surface area contributed by atoms with E-state index in [0.717, 1.165) is 32.4 Å². The third-order valence-corrected chi connectivity index (χ3v) is 4.93. The average Bonchev–Trinajstić information content (AvgIpc) is 2.91. The van der Waals surface area contributed by atoms with Crippen LogP contribution in [0.1, 0.15) is 25.7 Å². The van der Waals surface area contributed by atoms with E-state index < -0.39 is 0 Å². The predicted octanol–water partition coefficient (Wildman–Crippen LogP) is 0.663. The predicted molar refractivity (Wildman–Crippen MR) is 88.1 cm³/mol. The van der Waals surface area contributed by atoms with Crippen LogP contribution in [0.3, 0.4) is 0 Å². The van der Waals surface area contributed by atoms with Gasteiger partial charge in [-0.15, -0.1) is 0 Å². The van der Waals surface area contributed by atoms with Crippen LogP contribution < -0.4 is 0 Å². The monoisotopic (exact) mass is 334 g/mol. The molecule has 3 aliphatic heterocycles. The van der Waals surface area contributed by atoms with Gasteiger partial charge in [-0.3, -0.25) is 9.48 Å². The minimum Gasteiger partial charge on any atom is -0.338 e. The molecule has 0 N–H and O–H groups in total. The van der Waals surface area contributed by atoms with E-state index in [-0.39, 0.29) is 18.0 Å². The number of piperidine rings is 1. The van der Waals surface area contributed by atoms with Crippen LogP contribution in [0.4, 0.5) is 4.79 Å². The Kier molecular flexibility index (Phi) is 5.01. The van der Waals surface area contributed by atoms with Gasteiger partial charge in [-0.25, -0.2) is 9.78 Å². The fourth-order valence-electron chi connectivity index (χ4n) is 3.71. The van der Waals surface area contributed by atoms with E-state index in [4.69, 9.17) is 0 Å². The highest BCUT2D eigenvalue weighted by atomic mass is 16.2. The highest BCUT2D eigenvalue weighted by Gasteiger charge is 2.38. The van der Waals surface area contributed by atoms with Gasteiger partial charge in [0.2, 0.25) is 5.91 Å². The number of carbonyl (C=O) groups is 2. The maximum Gasteiger partial charge on any atom is 0.319 e. The zero-order valence-electron chi connectivity index (χ0n) is 14.5. The first kappa shape index (κ1) is 16.7. The number of urea groups is 1. The molecule has 0 radical (unpaired) electrons. The van der Waals surface area contributed by atoms with E-state index in [1.54, 1.807) is 30.0 Å². The Morgan fingerprint density at radius 3 is 2.75 bits per heavy atom. The van der Waals surface area contributed by atoms with E-state index >= 15 is 0 Å². The third kappa shape index (κ3) is 3.68.